The standard InChI is InChI=1S/C8H8N4O/c13-3-1-2-7-11-6-4-9-5-10-8(6)12-7/h1,3-5,13H,2H2,(H,9,10,11,12). The molecule has 0 aliphatic carbocycles. The summed E-state index contributed by atoms with van der Waals surface area (Å²) < 4.78 is 0. The van der Waals surface area contributed by atoms with Gasteiger partial charge in [0.1, 0.15) is 17.7 Å². The quantitative estimate of drug-likeness (QED) is 0.668. The minimum Gasteiger partial charge on any atom is -0.516 e. The minimum atomic E-state index is 0.562. The van der Waals surface area contributed by atoms with E-state index in [2.05, 4.69) is 19.9 Å². The fraction of sp³-hybridized carbons (Fsp3) is 0.125. The van der Waals surface area contributed by atoms with Crippen LogP contribution in [0.4, 0.5) is 0 Å². The molecule has 5 nitrogen and oxygen atoms in total. The van der Waals surface area contributed by atoms with Gasteiger partial charge in [0.05, 0.1) is 12.5 Å². The summed E-state index contributed by atoms with van der Waals surface area (Å²) in [4.78, 5) is 15.0. The lowest BCUT2D eigenvalue weighted by molar-refractivity contribution is 0.471. The molecule has 0 unspecified atom stereocenters. The van der Waals surface area contributed by atoms with Crippen molar-refractivity contribution in [3.8, 4) is 0 Å². The molecule has 0 saturated carbocycles. The molecule has 0 fully saturated rings. The van der Waals surface area contributed by atoms with Crippen molar-refractivity contribution >= 4 is 11.2 Å². The number of aliphatic hydroxyl groups is 1. The van der Waals surface area contributed by atoms with Gasteiger partial charge in [-0.25, -0.2) is 15.0 Å². The average molecular weight is 176 g/mol. The van der Waals surface area contributed by atoms with E-state index in [9.17, 15) is 0 Å². The highest BCUT2D eigenvalue weighted by Gasteiger charge is 2.00. The highest BCUT2D eigenvalue weighted by molar-refractivity contribution is 5.68. The largest absolute Gasteiger partial charge is 0.516 e. The maximum Gasteiger partial charge on any atom is 0.180 e. The maximum absolute atomic E-state index is 8.45. The number of nitrogens with one attached hydrogen (secondary N) is 1. The molecule has 0 amide bonds. The van der Waals surface area contributed by atoms with Crippen LogP contribution in [-0.2, 0) is 6.42 Å². The van der Waals surface area contributed by atoms with E-state index in [0.29, 0.717) is 12.1 Å². The van der Waals surface area contributed by atoms with Gasteiger partial charge in [0.2, 0.25) is 0 Å². The van der Waals surface area contributed by atoms with Gasteiger partial charge in [0.25, 0.3) is 0 Å². The third-order valence-corrected chi connectivity index (χ3v) is 1.63. The highest BCUT2D eigenvalue weighted by Crippen LogP contribution is 2.06. The first-order chi connectivity index (χ1) is 6.40. The van der Waals surface area contributed by atoms with Gasteiger partial charge in [0, 0.05) is 6.42 Å². The Morgan fingerprint density at radius 1 is 1.54 bits per heavy atom. The Morgan fingerprint density at radius 3 is 3.23 bits per heavy atom. The molecule has 0 saturated heterocycles. The predicted molar refractivity (Wildman–Crippen MR) is 47.2 cm³/mol. The molecule has 0 radical (unpaired) electrons. The fourth-order valence-electron chi connectivity index (χ4n) is 1.07. The molecule has 5 heteroatoms. The zero-order valence-corrected chi connectivity index (χ0v) is 6.81. The Bertz CT molecular complexity index is 401. The molecule has 2 aromatic rings. The molecule has 0 bridgehead atoms. The second-order valence-corrected chi connectivity index (χ2v) is 2.53. The number of hydrogen-bond acceptors (Lipinski definition) is 4. The van der Waals surface area contributed by atoms with Crippen LogP contribution in [0.1, 0.15) is 5.82 Å². The van der Waals surface area contributed by atoms with Crippen molar-refractivity contribution in [2.24, 2.45) is 0 Å². The van der Waals surface area contributed by atoms with Crippen LogP contribution in [0.15, 0.2) is 24.9 Å². The molecule has 0 spiro atoms. The van der Waals surface area contributed by atoms with Crippen LogP contribution in [0, 0.1) is 0 Å². The lowest BCUT2D eigenvalue weighted by atomic mass is 10.4. The van der Waals surface area contributed by atoms with E-state index >= 15 is 0 Å². The third-order valence-electron chi connectivity index (χ3n) is 1.63. The molecule has 2 N–H and O–H groups in total. The average Bonchev–Trinajstić information content (AvgIpc) is 2.57. The molecule has 0 aromatic carbocycles. The van der Waals surface area contributed by atoms with Crippen molar-refractivity contribution in [2.75, 3.05) is 0 Å². The zero-order valence-electron chi connectivity index (χ0n) is 6.81. The van der Waals surface area contributed by atoms with Crippen molar-refractivity contribution in [1.29, 1.82) is 0 Å². The molecule has 0 atom stereocenters. The Balaban J connectivity index is 2.38. The van der Waals surface area contributed by atoms with Crippen molar-refractivity contribution in [1.82, 2.24) is 19.9 Å². The van der Waals surface area contributed by atoms with Gasteiger partial charge in [-0.1, -0.05) is 0 Å². The second-order valence-electron chi connectivity index (χ2n) is 2.53. The number of fused-ring (bicyclic) bond motifs is 1. The van der Waals surface area contributed by atoms with Gasteiger partial charge in [-0.05, 0) is 6.08 Å². The predicted octanol–water partition coefficient (Wildman–Crippen LogP) is 0.967. The van der Waals surface area contributed by atoms with Crippen LogP contribution in [-0.4, -0.2) is 25.0 Å². The molecule has 66 valence electrons. The fourth-order valence-corrected chi connectivity index (χ4v) is 1.07. The summed E-state index contributed by atoms with van der Waals surface area (Å²) in [6.45, 7) is 0. The minimum absolute atomic E-state index is 0.562. The van der Waals surface area contributed by atoms with Crippen LogP contribution in [0.5, 0.6) is 0 Å². The molecule has 2 rings (SSSR count). The van der Waals surface area contributed by atoms with E-state index in [-0.39, 0.29) is 0 Å². The Kier molecular flexibility index (Phi) is 1.91. The molecule has 13 heavy (non-hydrogen) atoms. The number of H-pyrrole nitrogens is 1. The summed E-state index contributed by atoms with van der Waals surface area (Å²) >= 11 is 0. The summed E-state index contributed by atoms with van der Waals surface area (Å²) in [7, 11) is 0. The first-order valence-corrected chi connectivity index (χ1v) is 3.84. The Hall–Kier alpha value is -1.91. The SMILES string of the molecule is OC=CCc1nc2ncncc2[nH]1. The molecule has 0 aliphatic rings. The number of aromatic amines is 1. The smallest absolute Gasteiger partial charge is 0.180 e. The first kappa shape index (κ1) is 7.72. The number of allylic oxidation sites excluding steroid dienone is 1. The number of rotatable bonds is 2. The van der Waals surface area contributed by atoms with Crippen molar-refractivity contribution < 1.29 is 5.11 Å². The van der Waals surface area contributed by atoms with E-state index in [1.807, 2.05) is 0 Å². The van der Waals surface area contributed by atoms with Crippen LogP contribution in [0.3, 0.4) is 0 Å². The van der Waals surface area contributed by atoms with Gasteiger partial charge in [-0.3, -0.25) is 0 Å². The Labute approximate surface area is 74.2 Å². The van der Waals surface area contributed by atoms with Crippen molar-refractivity contribution in [3.63, 3.8) is 0 Å². The van der Waals surface area contributed by atoms with Crippen LogP contribution < -0.4 is 0 Å². The number of aliphatic hydroxyl groups excluding tert-OH is 1. The second kappa shape index (κ2) is 3.22. The zero-order chi connectivity index (χ0) is 9.10. The van der Waals surface area contributed by atoms with Crippen LogP contribution >= 0.6 is 0 Å². The van der Waals surface area contributed by atoms with Crippen molar-refractivity contribution in [3.05, 3.63) is 30.7 Å². The van der Waals surface area contributed by atoms with Gasteiger partial charge in [0.15, 0.2) is 5.65 Å². The number of imidazole rings is 1. The number of nitrogens with zero attached hydrogens (tertiary/aromatic N) is 3. The number of aromatic nitrogens is 4. The summed E-state index contributed by atoms with van der Waals surface area (Å²) in [5.74, 6) is 0.765. The summed E-state index contributed by atoms with van der Waals surface area (Å²) in [5.41, 5.74) is 1.46. The van der Waals surface area contributed by atoms with E-state index in [0.717, 1.165) is 17.6 Å². The highest BCUT2D eigenvalue weighted by atomic mass is 16.2. The van der Waals surface area contributed by atoms with Crippen LogP contribution in [0.2, 0.25) is 0 Å². The van der Waals surface area contributed by atoms with Gasteiger partial charge in [-0.2, -0.15) is 0 Å². The summed E-state index contributed by atoms with van der Waals surface area (Å²) in [6.07, 6.45) is 6.28. The van der Waals surface area contributed by atoms with Gasteiger partial charge in [-0.15, -0.1) is 0 Å². The van der Waals surface area contributed by atoms with Crippen molar-refractivity contribution in [2.45, 2.75) is 6.42 Å². The van der Waals surface area contributed by atoms with Gasteiger partial charge >= 0.3 is 0 Å². The van der Waals surface area contributed by atoms with E-state index in [4.69, 9.17) is 5.11 Å². The monoisotopic (exact) mass is 176 g/mol. The maximum atomic E-state index is 8.45. The van der Waals surface area contributed by atoms with E-state index in [1.165, 1.54) is 6.33 Å². The van der Waals surface area contributed by atoms with E-state index < -0.39 is 0 Å². The van der Waals surface area contributed by atoms with E-state index in [1.54, 1.807) is 12.3 Å². The molecule has 2 heterocycles. The lowest BCUT2D eigenvalue weighted by Crippen LogP contribution is -1.82. The number of hydrogen-bond donors (Lipinski definition) is 2. The topological polar surface area (TPSA) is 74.7 Å². The normalized spacial score (nSPS) is 11.4. The molecular formula is C8H8N4O. The first-order valence-electron chi connectivity index (χ1n) is 3.84. The Morgan fingerprint density at radius 2 is 2.46 bits per heavy atom. The summed E-state index contributed by atoms with van der Waals surface area (Å²) in [6, 6.07) is 0. The molecular weight excluding hydrogens is 168 g/mol. The summed E-state index contributed by atoms with van der Waals surface area (Å²) in [5, 5.41) is 8.45. The van der Waals surface area contributed by atoms with Crippen LogP contribution in [0.25, 0.3) is 11.2 Å². The lowest BCUT2D eigenvalue weighted by Gasteiger charge is -1.83. The molecule has 2 aromatic heterocycles. The molecule has 0 aliphatic heterocycles. The van der Waals surface area contributed by atoms with Gasteiger partial charge < -0.3 is 10.1 Å². The third kappa shape index (κ3) is 1.48.